The minimum Gasteiger partial charge on any atom is -0.490 e. The average Bonchev–Trinajstić information content (AvgIpc) is 2.70. The maximum Gasteiger partial charge on any atom is 0.374 e. The van der Waals surface area contributed by atoms with Gasteiger partial charge in [-0.3, -0.25) is 0 Å². The Balaban J connectivity index is 2.88. The van der Waals surface area contributed by atoms with Crippen molar-refractivity contribution >= 4 is 12.0 Å². The molecular formula is C24H38O3. The second kappa shape index (κ2) is 13.4. The van der Waals surface area contributed by atoms with Gasteiger partial charge in [0.05, 0.1) is 7.11 Å². The molecule has 0 aliphatic heterocycles. The van der Waals surface area contributed by atoms with E-state index in [9.17, 15) is 4.79 Å². The van der Waals surface area contributed by atoms with Crippen molar-refractivity contribution in [3.63, 3.8) is 0 Å². The summed E-state index contributed by atoms with van der Waals surface area (Å²) >= 11 is 0. The van der Waals surface area contributed by atoms with Crippen LogP contribution in [-0.2, 0) is 14.3 Å². The van der Waals surface area contributed by atoms with Crippen LogP contribution in [0.5, 0.6) is 0 Å². The molecule has 0 aliphatic rings. The lowest BCUT2D eigenvalue weighted by Crippen LogP contribution is -2.35. The van der Waals surface area contributed by atoms with Gasteiger partial charge in [0.2, 0.25) is 5.76 Å². The van der Waals surface area contributed by atoms with E-state index in [2.05, 4.69) is 20.8 Å². The van der Waals surface area contributed by atoms with E-state index >= 15 is 0 Å². The van der Waals surface area contributed by atoms with E-state index in [-0.39, 0.29) is 17.3 Å². The van der Waals surface area contributed by atoms with Crippen LogP contribution in [0.1, 0.15) is 90.5 Å². The van der Waals surface area contributed by atoms with E-state index in [0.717, 1.165) is 37.7 Å². The number of carbonyl (C=O) groups excluding carboxylic acids is 1. The highest BCUT2D eigenvalue weighted by atomic mass is 16.6. The summed E-state index contributed by atoms with van der Waals surface area (Å²) in [6.45, 7) is 6.55. The van der Waals surface area contributed by atoms with E-state index in [1.165, 1.54) is 39.2 Å². The molecule has 1 aromatic carbocycles. The van der Waals surface area contributed by atoms with Gasteiger partial charge in [0.1, 0.15) is 5.60 Å². The molecule has 0 radical (unpaired) electrons. The summed E-state index contributed by atoms with van der Waals surface area (Å²) in [6, 6.07) is 9.74. The Kier molecular flexibility index (Phi) is 11.6. The molecular weight excluding hydrogens is 336 g/mol. The Hall–Kier alpha value is -1.77. The van der Waals surface area contributed by atoms with E-state index in [1.807, 2.05) is 30.3 Å². The summed E-state index contributed by atoms with van der Waals surface area (Å²) in [5.74, 6) is -0.0849. The molecule has 0 saturated carbocycles. The smallest absolute Gasteiger partial charge is 0.374 e. The molecule has 0 saturated heterocycles. The molecule has 0 spiro atoms. The molecule has 0 N–H and O–H groups in total. The fraction of sp³-hybridized carbons (Fsp3) is 0.625. The molecule has 3 heteroatoms. The molecule has 152 valence electrons. The molecule has 27 heavy (non-hydrogen) atoms. The number of carbonyl (C=O) groups is 1. The van der Waals surface area contributed by atoms with Gasteiger partial charge in [-0.15, -0.1) is 0 Å². The molecule has 3 nitrogen and oxygen atoms in total. The fourth-order valence-corrected chi connectivity index (χ4v) is 3.37. The van der Waals surface area contributed by atoms with Gasteiger partial charge in [-0.2, -0.15) is 0 Å². The predicted molar refractivity (Wildman–Crippen MR) is 113 cm³/mol. The van der Waals surface area contributed by atoms with Gasteiger partial charge in [-0.1, -0.05) is 83.2 Å². The molecule has 0 heterocycles. The van der Waals surface area contributed by atoms with E-state index in [1.54, 1.807) is 6.08 Å². The molecule has 1 aromatic rings. The highest BCUT2D eigenvalue weighted by Gasteiger charge is 2.33. The van der Waals surface area contributed by atoms with Gasteiger partial charge in [-0.25, -0.2) is 4.79 Å². The average molecular weight is 375 g/mol. The highest BCUT2D eigenvalue weighted by molar-refractivity contribution is 5.91. The zero-order valence-electron chi connectivity index (χ0n) is 17.8. The van der Waals surface area contributed by atoms with Crippen LogP contribution in [0, 0.1) is 0 Å². The zero-order chi connectivity index (χ0) is 20.0. The lowest BCUT2D eigenvalue weighted by molar-refractivity contribution is -0.161. The third kappa shape index (κ3) is 8.64. The summed E-state index contributed by atoms with van der Waals surface area (Å²) in [7, 11) is 1.53. The Morgan fingerprint density at radius 2 is 1.52 bits per heavy atom. The Morgan fingerprint density at radius 1 is 0.926 bits per heavy atom. The Bertz CT molecular complexity index is 550. The number of hydrogen-bond donors (Lipinski definition) is 0. The molecule has 1 unspecified atom stereocenters. The first-order valence-electron chi connectivity index (χ1n) is 10.6. The number of rotatable bonds is 14. The number of esters is 1. The van der Waals surface area contributed by atoms with Gasteiger partial charge in [0.15, 0.2) is 0 Å². The Labute approximate surface area is 166 Å². The SMILES string of the molecule is CCCCCCC(CC)(CCCCC)OC(=O)C(=Cc1ccccc1)OC. The maximum atomic E-state index is 12.9. The van der Waals surface area contributed by atoms with Crippen LogP contribution < -0.4 is 0 Å². The lowest BCUT2D eigenvalue weighted by Gasteiger charge is -2.33. The monoisotopic (exact) mass is 374 g/mol. The molecule has 0 aliphatic carbocycles. The second-order valence-electron chi connectivity index (χ2n) is 7.32. The van der Waals surface area contributed by atoms with Crippen LogP contribution >= 0.6 is 0 Å². The van der Waals surface area contributed by atoms with Crippen LogP contribution in [0.25, 0.3) is 6.08 Å². The normalized spacial score (nSPS) is 13.9. The first-order chi connectivity index (χ1) is 13.1. The quantitative estimate of drug-likeness (QED) is 0.153. The van der Waals surface area contributed by atoms with Crippen molar-refractivity contribution in [2.24, 2.45) is 0 Å². The third-order valence-corrected chi connectivity index (χ3v) is 5.19. The summed E-state index contributed by atoms with van der Waals surface area (Å²) in [5.41, 5.74) is 0.552. The summed E-state index contributed by atoms with van der Waals surface area (Å²) in [4.78, 5) is 12.9. The molecule has 1 atom stereocenters. The van der Waals surface area contributed by atoms with Crippen molar-refractivity contribution in [3.05, 3.63) is 41.7 Å². The van der Waals surface area contributed by atoms with Crippen LogP contribution in [0.4, 0.5) is 0 Å². The van der Waals surface area contributed by atoms with Gasteiger partial charge < -0.3 is 9.47 Å². The largest absolute Gasteiger partial charge is 0.490 e. The van der Waals surface area contributed by atoms with Crippen molar-refractivity contribution in [2.45, 2.75) is 90.6 Å². The van der Waals surface area contributed by atoms with Gasteiger partial charge in [-0.05, 0) is 43.7 Å². The number of unbranched alkanes of at least 4 members (excludes halogenated alkanes) is 5. The summed E-state index contributed by atoms with van der Waals surface area (Å²) in [6.07, 6.45) is 12.6. The standard InChI is InChI=1S/C24H38O3/c1-5-8-10-15-19-24(7-3,18-14-9-6-2)27-23(25)22(26-4)20-21-16-12-11-13-17-21/h11-13,16-17,20H,5-10,14-15,18-19H2,1-4H3. The van der Waals surface area contributed by atoms with E-state index < -0.39 is 0 Å². The van der Waals surface area contributed by atoms with E-state index in [4.69, 9.17) is 9.47 Å². The minimum absolute atomic E-state index is 0.267. The van der Waals surface area contributed by atoms with Crippen LogP contribution in [0.15, 0.2) is 36.1 Å². The summed E-state index contributed by atoms with van der Waals surface area (Å²) < 4.78 is 11.5. The predicted octanol–water partition coefficient (Wildman–Crippen LogP) is 6.92. The fourth-order valence-electron chi connectivity index (χ4n) is 3.37. The molecule has 0 aromatic heterocycles. The van der Waals surface area contributed by atoms with Gasteiger partial charge >= 0.3 is 5.97 Å². The van der Waals surface area contributed by atoms with Crippen LogP contribution in [0.2, 0.25) is 0 Å². The van der Waals surface area contributed by atoms with Crippen LogP contribution in [0.3, 0.4) is 0 Å². The van der Waals surface area contributed by atoms with Crippen molar-refractivity contribution in [1.29, 1.82) is 0 Å². The van der Waals surface area contributed by atoms with Crippen LogP contribution in [-0.4, -0.2) is 18.7 Å². The Morgan fingerprint density at radius 3 is 2.07 bits per heavy atom. The molecule has 0 fully saturated rings. The zero-order valence-corrected chi connectivity index (χ0v) is 17.8. The molecule has 0 amide bonds. The van der Waals surface area contributed by atoms with Crippen molar-refractivity contribution in [2.75, 3.05) is 7.11 Å². The first-order valence-corrected chi connectivity index (χ1v) is 10.6. The topological polar surface area (TPSA) is 35.5 Å². The van der Waals surface area contributed by atoms with Crippen molar-refractivity contribution in [1.82, 2.24) is 0 Å². The van der Waals surface area contributed by atoms with E-state index in [0.29, 0.717) is 0 Å². The molecule has 1 rings (SSSR count). The molecule has 0 bridgehead atoms. The van der Waals surface area contributed by atoms with Gasteiger partial charge in [0, 0.05) is 0 Å². The highest BCUT2D eigenvalue weighted by Crippen LogP contribution is 2.31. The number of benzene rings is 1. The van der Waals surface area contributed by atoms with Crippen molar-refractivity contribution < 1.29 is 14.3 Å². The third-order valence-electron chi connectivity index (χ3n) is 5.19. The number of methoxy groups -OCH3 is 1. The maximum absolute atomic E-state index is 12.9. The van der Waals surface area contributed by atoms with Gasteiger partial charge in [0.25, 0.3) is 0 Å². The lowest BCUT2D eigenvalue weighted by atomic mass is 9.87. The number of ether oxygens (including phenoxy) is 2. The number of hydrogen-bond acceptors (Lipinski definition) is 3. The summed E-state index contributed by atoms with van der Waals surface area (Å²) in [5, 5.41) is 0. The van der Waals surface area contributed by atoms with Crippen molar-refractivity contribution in [3.8, 4) is 0 Å². The first kappa shape index (κ1) is 23.3. The second-order valence-corrected chi connectivity index (χ2v) is 7.32. The minimum atomic E-state index is -0.381.